The van der Waals surface area contributed by atoms with Gasteiger partial charge in [0.2, 0.25) is 6.17 Å². The molecule has 0 saturated heterocycles. The lowest BCUT2D eigenvalue weighted by molar-refractivity contribution is -0.140. The molecule has 0 fully saturated rings. The second-order valence-corrected chi connectivity index (χ2v) is 5.09. The maximum absolute atomic E-state index is 11.8. The van der Waals surface area contributed by atoms with E-state index in [-0.39, 0.29) is 12.3 Å². The number of ether oxygens (including phenoxy) is 1. The third kappa shape index (κ3) is 2.29. The average molecular weight is 322 g/mol. The van der Waals surface area contributed by atoms with Crippen molar-refractivity contribution in [1.82, 2.24) is 9.78 Å². The Hall–Kier alpha value is -2.54. The Balaban J connectivity index is 2.14. The van der Waals surface area contributed by atoms with Gasteiger partial charge in [-0.2, -0.15) is 5.10 Å². The zero-order valence-corrected chi connectivity index (χ0v) is 12.3. The number of hydrogen-bond acceptors (Lipinski definition) is 5. The first kappa shape index (κ1) is 14.4. The van der Waals surface area contributed by atoms with Crippen LogP contribution in [0.15, 0.2) is 24.3 Å². The van der Waals surface area contributed by atoms with E-state index in [1.807, 2.05) is 0 Å². The summed E-state index contributed by atoms with van der Waals surface area (Å²) in [5, 5.41) is 16.7. The fourth-order valence-corrected chi connectivity index (χ4v) is 2.50. The fraction of sp³-hybridized carbons (Fsp3) is 0.214. The Morgan fingerprint density at radius 3 is 2.91 bits per heavy atom. The third-order valence-corrected chi connectivity index (χ3v) is 3.48. The highest BCUT2D eigenvalue weighted by Crippen LogP contribution is 2.37. The summed E-state index contributed by atoms with van der Waals surface area (Å²) in [5.41, 5.74) is 1.86. The highest BCUT2D eigenvalue weighted by Gasteiger charge is 2.31. The molecule has 7 nitrogen and oxygen atoms in total. The number of esters is 1. The normalized spacial score (nSPS) is 15.5. The van der Waals surface area contributed by atoms with E-state index < -0.39 is 18.1 Å². The van der Waals surface area contributed by atoms with Crippen LogP contribution in [0, 0.1) is 0 Å². The lowest BCUT2D eigenvalue weighted by Crippen LogP contribution is -2.31. The molecule has 2 heterocycles. The van der Waals surface area contributed by atoms with Crippen molar-refractivity contribution in [1.29, 1.82) is 0 Å². The van der Waals surface area contributed by atoms with Gasteiger partial charge in [0.25, 0.3) is 0 Å². The number of carboxylic acids is 1. The van der Waals surface area contributed by atoms with Gasteiger partial charge in [-0.1, -0.05) is 11.6 Å². The van der Waals surface area contributed by atoms with Crippen LogP contribution in [-0.4, -0.2) is 33.4 Å². The number of rotatable bonds is 3. The van der Waals surface area contributed by atoms with Gasteiger partial charge >= 0.3 is 11.9 Å². The van der Waals surface area contributed by atoms with Crippen LogP contribution >= 0.6 is 11.6 Å². The molecular formula is C14H12ClN3O4. The minimum Gasteiger partial charge on any atom is -0.478 e. The van der Waals surface area contributed by atoms with Crippen LogP contribution < -0.4 is 5.32 Å². The smallest absolute Gasteiger partial charge is 0.358 e. The van der Waals surface area contributed by atoms with Crippen molar-refractivity contribution >= 4 is 29.2 Å². The van der Waals surface area contributed by atoms with E-state index >= 15 is 0 Å². The molecule has 0 saturated carbocycles. The molecule has 0 bridgehead atoms. The number of aliphatic carboxylic acids is 1. The number of anilines is 1. The Bertz CT molecular complexity index is 771. The summed E-state index contributed by atoms with van der Waals surface area (Å²) in [6, 6.07) is 6.57. The van der Waals surface area contributed by atoms with Gasteiger partial charge in [-0.3, -0.25) is 0 Å². The van der Waals surface area contributed by atoms with Crippen molar-refractivity contribution in [3.63, 3.8) is 0 Å². The van der Waals surface area contributed by atoms with E-state index in [9.17, 15) is 14.7 Å². The van der Waals surface area contributed by atoms with Gasteiger partial charge in [-0.25, -0.2) is 14.3 Å². The molecule has 1 aliphatic rings. The minimum absolute atomic E-state index is 0.0627. The zero-order chi connectivity index (χ0) is 15.9. The highest BCUT2D eigenvalue weighted by molar-refractivity contribution is 6.31. The number of fused-ring (bicyclic) bond motifs is 3. The topological polar surface area (TPSA) is 93.5 Å². The predicted octanol–water partition coefficient (Wildman–Crippen LogP) is 2.39. The van der Waals surface area contributed by atoms with Crippen molar-refractivity contribution in [3.05, 3.63) is 35.0 Å². The number of aromatic nitrogens is 2. The maximum atomic E-state index is 11.8. The predicted molar refractivity (Wildman–Crippen MR) is 78.9 cm³/mol. The maximum Gasteiger partial charge on any atom is 0.358 e. The van der Waals surface area contributed by atoms with Crippen molar-refractivity contribution in [3.8, 4) is 11.3 Å². The van der Waals surface area contributed by atoms with Gasteiger partial charge in [-0.15, -0.1) is 0 Å². The van der Waals surface area contributed by atoms with Crippen LogP contribution in [0.5, 0.6) is 0 Å². The lowest BCUT2D eigenvalue weighted by atomic mass is 10.1. The highest BCUT2D eigenvalue weighted by atomic mass is 35.5. The first-order chi connectivity index (χ1) is 10.5. The second-order valence-electron chi connectivity index (χ2n) is 4.65. The molecule has 114 valence electrons. The number of halogens is 1. The van der Waals surface area contributed by atoms with Crippen molar-refractivity contribution < 1.29 is 19.4 Å². The van der Waals surface area contributed by atoms with Gasteiger partial charge < -0.3 is 15.2 Å². The number of hydrogen-bond donors (Lipinski definition) is 2. The molecule has 2 aromatic rings. The molecular weight excluding hydrogens is 310 g/mol. The Kier molecular flexibility index (Phi) is 3.50. The molecule has 0 amide bonds. The van der Waals surface area contributed by atoms with Crippen LogP contribution in [0.25, 0.3) is 11.3 Å². The minimum atomic E-state index is -1.12. The SMILES string of the molecule is CCOC(=O)c1cc2n(n1)C(C(=O)O)Nc1cc(Cl)ccc1-2. The molecule has 0 aliphatic carbocycles. The van der Waals surface area contributed by atoms with Crippen molar-refractivity contribution in [2.24, 2.45) is 0 Å². The number of carbonyl (C=O) groups excluding carboxylic acids is 1. The molecule has 3 rings (SSSR count). The molecule has 0 radical (unpaired) electrons. The summed E-state index contributed by atoms with van der Waals surface area (Å²) in [6.07, 6.45) is -1.12. The lowest BCUT2D eigenvalue weighted by Gasteiger charge is -2.25. The Labute approximate surface area is 130 Å². The molecule has 8 heteroatoms. The van der Waals surface area contributed by atoms with E-state index in [1.54, 1.807) is 25.1 Å². The van der Waals surface area contributed by atoms with E-state index in [2.05, 4.69) is 10.4 Å². The van der Waals surface area contributed by atoms with Crippen LogP contribution in [-0.2, 0) is 9.53 Å². The van der Waals surface area contributed by atoms with Crippen molar-refractivity contribution in [2.75, 3.05) is 11.9 Å². The van der Waals surface area contributed by atoms with E-state index in [4.69, 9.17) is 16.3 Å². The standard InChI is InChI=1S/C14H12ClN3O4/c1-2-22-14(21)10-6-11-8-4-3-7(15)5-9(8)16-12(13(19)20)18(11)17-10/h3-6,12,16H,2H2,1H3,(H,19,20). The van der Waals surface area contributed by atoms with Gasteiger partial charge in [0.1, 0.15) is 0 Å². The largest absolute Gasteiger partial charge is 0.478 e. The summed E-state index contributed by atoms with van der Waals surface area (Å²) >= 11 is 5.94. The Morgan fingerprint density at radius 1 is 1.45 bits per heavy atom. The summed E-state index contributed by atoms with van der Waals surface area (Å²) in [5.74, 6) is -1.71. The average Bonchev–Trinajstić information content (AvgIpc) is 2.91. The summed E-state index contributed by atoms with van der Waals surface area (Å²) in [7, 11) is 0. The number of nitrogens with zero attached hydrogens (tertiary/aromatic N) is 2. The molecule has 1 atom stereocenters. The quantitative estimate of drug-likeness (QED) is 0.843. The molecule has 22 heavy (non-hydrogen) atoms. The van der Waals surface area contributed by atoms with Crippen LogP contribution in [0.1, 0.15) is 23.6 Å². The number of carboxylic acid groups (broad SMARTS) is 1. The van der Waals surface area contributed by atoms with Gasteiger partial charge in [0.15, 0.2) is 5.69 Å². The molecule has 1 aromatic carbocycles. The van der Waals surface area contributed by atoms with Gasteiger partial charge in [0, 0.05) is 16.3 Å². The Morgan fingerprint density at radius 2 is 2.23 bits per heavy atom. The monoisotopic (exact) mass is 321 g/mol. The van der Waals surface area contributed by atoms with Gasteiger partial charge in [0.05, 0.1) is 12.3 Å². The van der Waals surface area contributed by atoms with Crippen LogP contribution in [0.4, 0.5) is 5.69 Å². The molecule has 1 aromatic heterocycles. The number of benzene rings is 1. The summed E-state index contributed by atoms with van der Waals surface area (Å²) in [4.78, 5) is 23.3. The summed E-state index contributed by atoms with van der Waals surface area (Å²) < 4.78 is 6.16. The van der Waals surface area contributed by atoms with E-state index in [0.29, 0.717) is 22.0 Å². The zero-order valence-electron chi connectivity index (χ0n) is 11.5. The van der Waals surface area contributed by atoms with E-state index in [0.717, 1.165) is 0 Å². The van der Waals surface area contributed by atoms with Crippen LogP contribution in [0.2, 0.25) is 5.02 Å². The molecule has 1 aliphatic heterocycles. The molecule has 1 unspecified atom stereocenters. The fourth-order valence-electron chi connectivity index (χ4n) is 2.33. The third-order valence-electron chi connectivity index (χ3n) is 3.25. The van der Waals surface area contributed by atoms with Crippen LogP contribution in [0.3, 0.4) is 0 Å². The number of carbonyl (C=O) groups is 2. The summed E-state index contributed by atoms with van der Waals surface area (Å²) in [6.45, 7) is 1.90. The van der Waals surface area contributed by atoms with E-state index in [1.165, 1.54) is 10.7 Å². The second kappa shape index (κ2) is 5.34. The van der Waals surface area contributed by atoms with Gasteiger partial charge in [-0.05, 0) is 31.2 Å². The first-order valence-corrected chi connectivity index (χ1v) is 6.95. The van der Waals surface area contributed by atoms with Crippen molar-refractivity contribution in [2.45, 2.75) is 13.1 Å². The number of nitrogens with one attached hydrogen (secondary N) is 1. The molecule has 2 N–H and O–H groups in total. The molecule has 0 spiro atoms. The first-order valence-electron chi connectivity index (χ1n) is 6.57.